The van der Waals surface area contributed by atoms with Crippen molar-refractivity contribution in [1.29, 1.82) is 0 Å². The summed E-state index contributed by atoms with van der Waals surface area (Å²) in [5, 5.41) is 2.86. The molecule has 0 aliphatic carbocycles. The lowest BCUT2D eigenvalue weighted by atomic mass is 10.1. The highest BCUT2D eigenvalue weighted by molar-refractivity contribution is 9.10. The first-order chi connectivity index (χ1) is 9.20. The van der Waals surface area contributed by atoms with Crippen molar-refractivity contribution in [2.24, 2.45) is 0 Å². The van der Waals surface area contributed by atoms with Crippen molar-refractivity contribution >= 4 is 41.6 Å². The van der Waals surface area contributed by atoms with Gasteiger partial charge in [0.1, 0.15) is 0 Å². The predicted octanol–water partition coefficient (Wildman–Crippen LogP) is 3.60. The van der Waals surface area contributed by atoms with Crippen LogP contribution in [0, 0.1) is 6.92 Å². The van der Waals surface area contributed by atoms with Gasteiger partial charge in [-0.15, -0.1) is 0 Å². The Morgan fingerprint density at radius 3 is 2.35 bits per heavy atom. The van der Waals surface area contributed by atoms with Gasteiger partial charge in [0.2, 0.25) is 0 Å². The summed E-state index contributed by atoms with van der Waals surface area (Å²) in [6.07, 6.45) is 1.63. The van der Waals surface area contributed by atoms with Gasteiger partial charge in [-0.2, -0.15) is 0 Å². The number of hydrogen-bond acceptors (Lipinski definition) is 3. The largest absolute Gasteiger partial charge is 0.349 e. The zero-order valence-electron chi connectivity index (χ0n) is 11.5. The molecule has 1 N–H and O–H groups in total. The average molecular weight is 383 g/mol. The van der Waals surface area contributed by atoms with Gasteiger partial charge in [-0.1, -0.05) is 29.8 Å². The topological polar surface area (TPSA) is 63.2 Å². The Labute approximate surface area is 132 Å². The lowest BCUT2D eigenvalue weighted by Crippen LogP contribution is -2.33. The monoisotopic (exact) mass is 381 g/mol. The Kier molecular flexibility index (Phi) is 6.04. The van der Waals surface area contributed by atoms with Gasteiger partial charge in [0, 0.05) is 26.8 Å². The van der Waals surface area contributed by atoms with Crippen molar-refractivity contribution in [2.45, 2.75) is 44.6 Å². The summed E-state index contributed by atoms with van der Waals surface area (Å²) in [6, 6.07) is 2.97. The molecule has 0 fully saturated rings. The van der Waals surface area contributed by atoms with Gasteiger partial charge in [-0.25, -0.2) is 8.42 Å². The van der Waals surface area contributed by atoms with Gasteiger partial charge in [0.05, 0.1) is 4.90 Å². The van der Waals surface area contributed by atoms with Crippen LogP contribution in [0.4, 0.5) is 0 Å². The molecule has 4 nitrogen and oxygen atoms in total. The fourth-order valence-corrected chi connectivity index (χ4v) is 3.62. The van der Waals surface area contributed by atoms with E-state index in [2.05, 4.69) is 21.2 Å². The van der Waals surface area contributed by atoms with Gasteiger partial charge in [-0.05, 0) is 37.5 Å². The summed E-state index contributed by atoms with van der Waals surface area (Å²) >= 11 is 3.25. The first-order valence-corrected chi connectivity index (χ1v) is 9.36. The quantitative estimate of drug-likeness (QED) is 0.791. The highest BCUT2D eigenvalue weighted by atomic mass is 79.9. The maximum Gasteiger partial charge on any atom is 0.261 e. The fraction of sp³-hybridized carbons (Fsp3) is 0.462. The van der Waals surface area contributed by atoms with Crippen molar-refractivity contribution in [3.8, 4) is 0 Å². The van der Waals surface area contributed by atoms with Gasteiger partial charge in [0.25, 0.3) is 15.0 Å². The molecule has 112 valence electrons. The lowest BCUT2D eigenvalue weighted by Gasteiger charge is -2.15. The lowest BCUT2D eigenvalue weighted by molar-refractivity contribution is 0.0934. The molecule has 0 heterocycles. The number of carbonyl (C=O) groups is 1. The minimum Gasteiger partial charge on any atom is -0.349 e. The van der Waals surface area contributed by atoms with Crippen LogP contribution in [-0.2, 0) is 9.05 Å². The van der Waals surface area contributed by atoms with E-state index in [1.54, 1.807) is 13.0 Å². The Morgan fingerprint density at radius 1 is 1.35 bits per heavy atom. The number of hydrogen-bond donors (Lipinski definition) is 1. The summed E-state index contributed by atoms with van der Waals surface area (Å²) < 4.78 is 23.6. The summed E-state index contributed by atoms with van der Waals surface area (Å²) in [7, 11) is 1.50. The Morgan fingerprint density at radius 2 is 1.90 bits per heavy atom. The second-order valence-corrected chi connectivity index (χ2v) is 7.89. The fourth-order valence-electron chi connectivity index (χ4n) is 1.80. The van der Waals surface area contributed by atoms with E-state index in [9.17, 15) is 13.2 Å². The maximum absolute atomic E-state index is 12.1. The number of amides is 1. The predicted molar refractivity (Wildman–Crippen MR) is 83.8 cm³/mol. The molecule has 0 aromatic heterocycles. The van der Waals surface area contributed by atoms with Crippen molar-refractivity contribution in [3.63, 3.8) is 0 Å². The highest BCUT2D eigenvalue weighted by Gasteiger charge is 2.20. The molecule has 0 atom stereocenters. The molecule has 0 bridgehead atoms. The first-order valence-electron chi connectivity index (χ1n) is 6.26. The number of halogens is 2. The van der Waals surface area contributed by atoms with E-state index in [4.69, 9.17) is 10.7 Å². The molecule has 1 rings (SSSR count). The van der Waals surface area contributed by atoms with Crippen LogP contribution in [-0.4, -0.2) is 20.4 Å². The van der Waals surface area contributed by atoms with E-state index in [-0.39, 0.29) is 22.4 Å². The highest BCUT2D eigenvalue weighted by Crippen LogP contribution is 2.28. The second kappa shape index (κ2) is 6.91. The van der Waals surface area contributed by atoms with E-state index in [1.165, 1.54) is 6.07 Å². The molecule has 0 aliphatic heterocycles. The van der Waals surface area contributed by atoms with Crippen LogP contribution in [0.15, 0.2) is 21.5 Å². The van der Waals surface area contributed by atoms with Crippen LogP contribution >= 0.6 is 26.6 Å². The van der Waals surface area contributed by atoms with E-state index in [1.807, 2.05) is 13.8 Å². The molecule has 0 aliphatic rings. The molecule has 0 saturated carbocycles. The van der Waals surface area contributed by atoms with Gasteiger partial charge in [0.15, 0.2) is 0 Å². The zero-order valence-corrected chi connectivity index (χ0v) is 14.7. The third kappa shape index (κ3) is 4.20. The maximum atomic E-state index is 12.1. The molecular formula is C13H17BrClNO3S. The smallest absolute Gasteiger partial charge is 0.261 e. The van der Waals surface area contributed by atoms with E-state index < -0.39 is 9.05 Å². The first kappa shape index (κ1) is 17.5. The van der Waals surface area contributed by atoms with Gasteiger partial charge < -0.3 is 5.32 Å². The number of nitrogens with one attached hydrogen (secondary N) is 1. The Hall–Kier alpha value is -0.590. The van der Waals surface area contributed by atoms with Crippen LogP contribution < -0.4 is 5.32 Å². The molecule has 1 amide bonds. The third-order valence-corrected chi connectivity index (χ3v) is 5.41. The zero-order chi connectivity index (χ0) is 15.5. The summed E-state index contributed by atoms with van der Waals surface area (Å²) in [5.41, 5.74) is 0.757. The van der Waals surface area contributed by atoms with Gasteiger partial charge >= 0.3 is 0 Å². The minimum absolute atomic E-state index is 0.0526. The summed E-state index contributed by atoms with van der Waals surface area (Å²) in [6.45, 7) is 5.59. The molecule has 0 unspecified atom stereocenters. The number of carbonyl (C=O) groups excluding carboxylic acids is 1. The van der Waals surface area contributed by atoms with Crippen LogP contribution in [0.2, 0.25) is 0 Å². The standard InChI is InChI=1S/C13H17BrClNO3S/c1-4-10(5-2)16-13(17)9-6-11(14)8(3)12(7-9)20(15,18)19/h6-7,10H,4-5H2,1-3H3,(H,16,17). The van der Waals surface area contributed by atoms with Crippen molar-refractivity contribution in [2.75, 3.05) is 0 Å². The van der Waals surface area contributed by atoms with Gasteiger partial charge in [-0.3, -0.25) is 4.79 Å². The van der Waals surface area contributed by atoms with E-state index >= 15 is 0 Å². The van der Waals surface area contributed by atoms with Crippen LogP contribution in [0.3, 0.4) is 0 Å². The van der Waals surface area contributed by atoms with Crippen LogP contribution in [0.1, 0.15) is 42.6 Å². The van der Waals surface area contributed by atoms with Crippen LogP contribution in [0.25, 0.3) is 0 Å². The van der Waals surface area contributed by atoms with Crippen LogP contribution in [0.5, 0.6) is 0 Å². The van der Waals surface area contributed by atoms with Crippen molar-refractivity contribution in [1.82, 2.24) is 5.32 Å². The summed E-state index contributed by atoms with van der Waals surface area (Å²) in [5.74, 6) is -0.305. The number of benzene rings is 1. The SMILES string of the molecule is CCC(CC)NC(=O)c1cc(Br)c(C)c(S(=O)(=O)Cl)c1. The van der Waals surface area contributed by atoms with E-state index in [0.29, 0.717) is 10.0 Å². The van der Waals surface area contributed by atoms with Crippen molar-refractivity contribution < 1.29 is 13.2 Å². The molecule has 20 heavy (non-hydrogen) atoms. The Bertz CT molecular complexity index is 612. The van der Waals surface area contributed by atoms with Crippen molar-refractivity contribution in [3.05, 3.63) is 27.7 Å². The molecule has 7 heteroatoms. The molecule has 0 saturated heterocycles. The molecular weight excluding hydrogens is 366 g/mol. The Balaban J connectivity index is 3.21. The third-order valence-electron chi connectivity index (χ3n) is 3.14. The second-order valence-electron chi connectivity index (χ2n) is 4.51. The normalized spacial score (nSPS) is 11.7. The van der Waals surface area contributed by atoms with E-state index in [0.717, 1.165) is 12.8 Å². The number of rotatable bonds is 5. The molecule has 0 spiro atoms. The summed E-state index contributed by atoms with van der Waals surface area (Å²) in [4.78, 5) is 12.1. The average Bonchev–Trinajstić information content (AvgIpc) is 2.37. The minimum atomic E-state index is -3.89. The molecule has 0 radical (unpaired) electrons. The molecule has 1 aromatic carbocycles. The molecule has 1 aromatic rings.